The standard InChI is InChI=1S/C49H54ClFN10O6/c1-56(2)48(65)40-28-38-37(27-36(45(51)46(38)53-40)33-5-4-17-59(29-33)44(63)15-22-60-24-16-52-55-60)35-8-6-31(26-42(35)67-3)30-10-18-57(19-11-30)34-12-20-58(21-13-34)47(64)32-7-9-39(50)41(25-32)61-23-14-43(62)54-49(61)66/h5-9,16,24-28,30,34,53H,4,10-15,17-23,29H2,1-3H3,(H,54,62,66). The summed E-state index contributed by atoms with van der Waals surface area (Å²) in [4.78, 5) is 76.5. The van der Waals surface area contributed by atoms with Crippen molar-refractivity contribution in [2.75, 3.05) is 71.9 Å². The summed E-state index contributed by atoms with van der Waals surface area (Å²) in [5, 5.41) is 11.0. The van der Waals surface area contributed by atoms with Crippen LogP contribution in [0.4, 0.5) is 14.9 Å². The van der Waals surface area contributed by atoms with Crippen LogP contribution in [0, 0.1) is 5.82 Å². The summed E-state index contributed by atoms with van der Waals surface area (Å²) in [6.07, 6.45) is 9.83. The smallest absolute Gasteiger partial charge is 0.328 e. The van der Waals surface area contributed by atoms with Crippen LogP contribution in [0.25, 0.3) is 27.6 Å². The van der Waals surface area contributed by atoms with Crippen molar-refractivity contribution in [3.63, 3.8) is 0 Å². The summed E-state index contributed by atoms with van der Waals surface area (Å²) >= 11 is 6.44. The van der Waals surface area contributed by atoms with Crippen LogP contribution < -0.4 is 15.0 Å². The van der Waals surface area contributed by atoms with E-state index in [1.807, 2.05) is 23.1 Å². The number of anilines is 1. The molecule has 0 saturated carbocycles. The molecular formula is C49H54ClFN10O6. The molecule has 3 fully saturated rings. The summed E-state index contributed by atoms with van der Waals surface area (Å²) in [6, 6.07) is 14.5. The van der Waals surface area contributed by atoms with E-state index in [1.165, 1.54) is 9.80 Å². The van der Waals surface area contributed by atoms with Gasteiger partial charge in [-0.1, -0.05) is 35.0 Å². The number of nitrogens with zero attached hydrogens (tertiary/aromatic N) is 8. The second kappa shape index (κ2) is 19.3. The van der Waals surface area contributed by atoms with Crippen molar-refractivity contribution in [1.82, 2.24) is 44.9 Å². The number of hydrogen-bond donors (Lipinski definition) is 2. The van der Waals surface area contributed by atoms with E-state index in [2.05, 4.69) is 37.6 Å². The molecule has 2 aromatic heterocycles. The van der Waals surface area contributed by atoms with Gasteiger partial charge >= 0.3 is 6.03 Å². The first-order chi connectivity index (χ1) is 32.4. The lowest BCUT2D eigenvalue weighted by molar-refractivity contribution is -0.131. The number of hydrogen-bond acceptors (Lipinski definition) is 9. The number of ether oxygens (including phenoxy) is 1. The van der Waals surface area contributed by atoms with Crippen LogP contribution in [0.5, 0.6) is 5.75 Å². The molecule has 6 heterocycles. The number of aryl methyl sites for hydroxylation is 1. The maximum atomic E-state index is 16.8. The largest absolute Gasteiger partial charge is 0.496 e. The van der Waals surface area contributed by atoms with Crippen LogP contribution in [-0.2, 0) is 16.1 Å². The minimum Gasteiger partial charge on any atom is -0.496 e. The third kappa shape index (κ3) is 9.39. The summed E-state index contributed by atoms with van der Waals surface area (Å²) < 4.78 is 24.5. The quantitative estimate of drug-likeness (QED) is 0.149. The molecule has 5 aromatic rings. The second-order valence-electron chi connectivity index (χ2n) is 17.9. The van der Waals surface area contributed by atoms with Crippen molar-refractivity contribution in [2.45, 2.75) is 63.5 Å². The lowest BCUT2D eigenvalue weighted by atomic mass is 9.86. The molecule has 0 unspecified atom stereocenters. The summed E-state index contributed by atoms with van der Waals surface area (Å²) in [5.41, 5.74) is 5.01. The molecule has 9 rings (SSSR count). The molecule has 18 heteroatoms. The van der Waals surface area contributed by atoms with Crippen LogP contribution in [-0.4, -0.2) is 142 Å². The van der Waals surface area contributed by atoms with E-state index in [-0.39, 0.29) is 60.8 Å². The second-order valence-corrected chi connectivity index (χ2v) is 18.3. The highest BCUT2D eigenvalue weighted by Crippen LogP contribution is 2.42. The Kier molecular flexibility index (Phi) is 13.1. The van der Waals surface area contributed by atoms with E-state index in [4.69, 9.17) is 16.3 Å². The molecular weight excluding hydrogens is 879 g/mol. The SMILES string of the molecule is COc1cc(C2CCN(C3CCN(C(=O)c4ccc(Cl)c(N5CCC(=O)NC5=O)c4)CC3)CC2)ccc1-c1cc(C2=CCCN(C(=O)CCn3ccnn3)C2)c(F)c2[nH]c(C(=O)N(C)C)cc12. The van der Waals surface area contributed by atoms with E-state index in [9.17, 15) is 24.0 Å². The molecule has 0 bridgehead atoms. The number of likely N-dealkylation sites (tertiary alicyclic amines) is 2. The Labute approximate surface area is 392 Å². The summed E-state index contributed by atoms with van der Waals surface area (Å²) in [5.74, 6) is -0.343. The van der Waals surface area contributed by atoms with Gasteiger partial charge < -0.3 is 29.3 Å². The van der Waals surface area contributed by atoms with E-state index < -0.39 is 11.8 Å². The molecule has 0 atom stereocenters. The average Bonchev–Trinajstić information content (AvgIpc) is 4.05. The number of aromatic nitrogens is 4. The Hall–Kier alpha value is -6.59. The predicted octanol–water partition coefficient (Wildman–Crippen LogP) is 6.57. The lowest BCUT2D eigenvalue weighted by Crippen LogP contribution is -2.50. The van der Waals surface area contributed by atoms with Crippen LogP contribution in [0.2, 0.25) is 5.02 Å². The van der Waals surface area contributed by atoms with Gasteiger partial charge in [0.2, 0.25) is 11.8 Å². The summed E-state index contributed by atoms with van der Waals surface area (Å²) in [7, 11) is 4.94. The Morgan fingerprint density at radius 3 is 2.42 bits per heavy atom. The maximum Gasteiger partial charge on any atom is 0.328 e. The van der Waals surface area contributed by atoms with Gasteiger partial charge in [0.05, 0.1) is 36.1 Å². The van der Waals surface area contributed by atoms with Gasteiger partial charge in [0, 0.05) is 94.0 Å². The molecule has 4 aliphatic rings. The number of fused-ring (bicyclic) bond motifs is 1. The number of imide groups is 1. The molecule has 67 heavy (non-hydrogen) atoms. The van der Waals surface area contributed by atoms with Crippen molar-refractivity contribution < 1.29 is 33.1 Å². The lowest BCUT2D eigenvalue weighted by Gasteiger charge is -2.42. The minimum atomic E-state index is -0.552. The number of methoxy groups -OCH3 is 1. The van der Waals surface area contributed by atoms with Gasteiger partial charge in [-0.2, -0.15) is 0 Å². The van der Waals surface area contributed by atoms with Gasteiger partial charge in [-0.05, 0) is 104 Å². The number of nitrogens with one attached hydrogen (secondary N) is 2. The molecule has 16 nitrogen and oxygen atoms in total. The highest BCUT2D eigenvalue weighted by atomic mass is 35.5. The van der Waals surface area contributed by atoms with E-state index >= 15 is 4.39 Å². The van der Waals surface area contributed by atoms with Crippen molar-refractivity contribution >= 4 is 63.4 Å². The fraction of sp³-hybridized carbons (Fsp3) is 0.408. The van der Waals surface area contributed by atoms with E-state index in [1.54, 1.807) is 67.4 Å². The molecule has 0 aliphatic carbocycles. The van der Waals surface area contributed by atoms with Crippen molar-refractivity contribution in [3.05, 3.63) is 100 Å². The van der Waals surface area contributed by atoms with Gasteiger partial charge in [-0.25, -0.2) is 9.18 Å². The molecule has 3 aromatic carbocycles. The molecule has 0 radical (unpaired) electrons. The van der Waals surface area contributed by atoms with Crippen LogP contribution in [0.3, 0.4) is 0 Å². The average molecular weight is 933 g/mol. The Morgan fingerprint density at radius 2 is 1.70 bits per heavy atom. The molecule has 0 spiro atoms. The fourth-order valence-corrected chi connectivity index (χ4v) is 10.2. The monoisotopic (exact) mass is 932 g/mol. The van der Waals surface area contributed by atoms with E-state index in [0.29, 0.717) is 88.7 Å². The molecule has 4 aliphatic heterocycles. The number of carbonyl (C=O) groups excluding carboxylic acids is 5. The third-order valence-corrected chi connectivity index (χ3v) is 14.0. The highest BCUT2D eigenvalue weighted by Gasteiger charge is 2.33. The van der Waals surface area contributed by atoms with Gasteiger partial charge in [0.1, 0.15) is 11.4 Å². The number of H-pyrrole nitrogens is 1. The van der Waals surface area contributed by atoms with Crippen molar-refractivity contribution in [3.8, 4) is 16.9 Å². The van der Waals surface area contributed by atoms with Gasteiger partial charge in [0.15, 0.2) is 5.82 Å². The van der Waals surface area contributed by atoms with E-state index in [0.717, 1.165) is 49.9 Å². The first kappa shape index (κ1) is 45.6. The number of carbonyl (C=O) groups is 5. The molecule has 6 amide bonds. The predicted molar refractivity (Wildman–Crippen MR) is 252 cm³/mol. The number of benzene rings is 3. The van der Waals surface area contributed by atoms with Gasteiger partial charge in [0.25, 0.3) is 11.8 Å². The number of rotatable bonds is 11. The Morgan fingerprint density at radius 1 is 0.910 bits per heavy atom. The third-order valence-electron chi connectivity index (χ3n) is 13.7. The topological polar surface area (TPSA) is 169 Å². The van der Waals surface area contributed by atoms with Gasteiger partial charge in [-0.3, -0.25) is 34.1 Å². The van der Waals surface area contributed by atoms with Crippen LogP contribution in [0.1, 0.15) is 82.8 Å². The number of aromatic amines is 1. The Bertz CT molecular complexity index is 2760. The zero-order valence-corrected chi connectivity index (χ0v) is 38.7. The number of halogens is 2. The number of urea groups is 1. The number of piperidine rings is 2. The summed E-state index contributed by atoms with van der Waals surface area (Å²) in [6.45, 7) is 4.41. The molecule has 2 N–H and O–H groups in total. The minimum absolute atomic E-state index is 0.0554. The maximum absolute atomic E-state index is 16.8. The molecule has 3 saturated heterocycles. The van der Waals surface area contributed by atoms with Crippen LogP contribution in [0.15, 0.2) is 67.0 Å². The molecule has 350 valence electrons. The first-order valence-corrected chi connectivity index (χ1v) is 23.2. The first-order valence-electron chi connectivity index (χ1n) is 22.9. The zero-order valence-electron chi connectivity index (χ0n) is 37.9. The van der Waals surface area contributed by atoms with Gasteiger partial charge in [-0.15, -0.1) is 5.10 Å². The fourth-order valence-electron chi connectivity index (χ4n) is 9.99. The van der Waals surface area contributed by atoms with Crippen molar-refractivity contribution in [1.29, 1.82) is 0 Å². The Balaban J connectivity index is 0.881. The van der Waals surface area contributed by atoms with Crippen molar-refractivity contribution in [2.24, 2.45) is 0 Å². The van der Waals surface area contributed by atoms with Crippen LogP contribution >= 0.6 is 11.6 Å². The number of amides is 6. The zero-order chi connectivity index (χ0) is 46.9. The normalized spacial score (nSPS) is 17.7. The highest BCUT2D eigenvalue weighted by molar-refractivity contribution is 6.34.